The van der Waals surface area contributed by atoms with E-state index in [1.165, 1.54) is 5.57 Å². The van der Waals surface area contributed by atoms with Gasteiger partial charge in [0, 0.05) is 23.0 Å². The van der Waals surface area contributed by atoms with Gasteiger partial charge < -0.3 is 5.32 Å². The molecule has 5 nitrogen and oxygen atoms in total. The van der Waals surface area contributed by atoms with Crippen molar-refractivity contribution in [3.05, 3.63) is 112 Å². The number of fused-ring (bicyclic) bond motifs is 1. The summed E-state index contributed by atoms with van der Waals surface area (Å²) < 4.78 is 1.91. The van der Waals surface area contributed by atoms with Crippen LogP contribution in [0.4, 0.5) is 0 Å². The number of nitrogens with zero attached hydrogens (tertiary/aromatic N) is 3. The molecule has 1 aliphatic carbocycles. The predicted molar refractivity (Wildman–Crippen MR) is 141 cm³/mol. The van der Waals surface area contributed by atoms with E-state index in [0.717, 1.165) is 53.8 Å². The molecule has 1 aliphatic rings. The zero-order valence-electron chi connectivity index (χ0n) is 19.6. The van der Waals surface area contributed by atoms with Crippen LogP contribution in [0.15, 0.2) is 79.1 Å². The molecule has 0 radical (unpaired) electrons. The van der Waals surface area contributed by atoms with Crippen LogP contribution in [0.1, 0.15) is 65.1 Å². The van der Waals surface area contributed by atoms with Crippen LogP contribution >= 0.6 is 11.6 Å². The van der Waals surface area contributed by atoms with Gasteiger partial charge in [-0.05, 0) is 79.6 Å². The Morgan fingerprint density at radius 1 is 1.00 bits per heavy atom. The summed E-state index contributed by atoms with van der Waals surface area (Å²) in [7, 11) is 0. The van der Waals surface area contributed by atoms with Crippen molar-refractivity contribution >= 4 is 29.2 Å². The standard InChI is InChI=1S/C29H27ClN4O/c1-20(22-7-3-2-4-8-22)32-29(35)27-26-10-6-5-9-23(19-21-11-13-24(30)14-12-21)28(26)34(33-27)25-15-17-31-18-16-25/h2-4,7-8,11-20H,5-6,9-10H2,1H3,(H,32,35)/b23-19+/t20-/m1/s1. The van der Waals surface area contributed by atoms with E-state index < -0.39 is 0 Å². The molecule has 0 unspecified atom stereocenters. The van der Waals surface area contributed by atoms with Gasteiger partial charge in [0.2, 0.25) is 0 Å². The van der Waals surface area contributed by atoms with E-state index in [1.807, 2.05) is 78.3 Å². The van der Waals surface area contributed by atoms with Gasteiger partial charge in [-0.1, -0.05) is 54.1 Å². The zero-order valence-corrected chi connectivity index (χ0v) is 20.4. The van der Waals surface area contributed by atoms with Gasteiger partial charge in [0.15, 0.2) is 5.69 Å². The summed E-state index contributed by atoms with van der Waals surface area (Å²) in [5, 5.41) is 8.74. The maximum absolute atomic E-state index is 13.5. The summed E-state index contributed by atoms with van der Waals surface area (Å²) in [5.74, 6) is -0.154. The van der Waals surface area contributed by atoms with Gasteiger partial charge in [0.25, 0.3) is 5.91 Å². The summed E-state index contributed by atoms with van der Waals surface area (Å²) in [6, 6.07) is 21.5. The molecule has 0 bridgehead atoms. The number of pyridine rings is 1. The first-order chi connectivity index (χ1) is 17.1. The minimum absolute atomic E-state index is 0.125. The molecule has 0 fully saturated rings. The largest absolute Gasteiger partial charge is 0.344 e. The van der Waals surface area contributed by atoms with Crippen molar-refractivity contribution in [3.63, 3.8) is 0 Å². The van der Waals surface area contributed by atoms with Crippen molar-refractivity contribution in [1.29, 1.82) is 0 Å². The molecule has 2 aromatic carbocycles. The minimum Gasteiger partial charge on any atom is -0.344 e. The number of benzene rings is 2. The summed E-state index contributed by atoms with van der Waals surface area (Å²) in [6.07, 6.45) is 9.45. The van der Waals surface area contributed by atoms with Crippen LogP contribution in [-0.4, -0.2) is 20.7 Å². The first-order valence-corrected chi connectivity index (χ1v) is 12.3. The lowest BCUT2D eigenvalue weighted by atomic mass is 10.0. The lowest BCUT2D eigenvalue weighted by Gasteiger charge is -2.14. The molecule has 1 atom stereocenters. The monoisotopic (exact) mass is 482 g/mol. The van der Waals surface area contributed by atoms with E-state index in [0.29, 0.717) is 10.7 Å². The molecular weight excluding hydrogens is 456 g/mol. The Balaban J connectivity index is 1.60. The third kappa shape index (κ3) is 5.05. The molecule has 176 valence electrons. The maximum atomic E-state index is 13.5. The van der Waals surface area contributed by atoms with Crippen molar-refractivity contribution in [2.75, 3.05) is 0 Å². The zero-order chi connectivity index (χ0) is 24.2. The molecule has 35 heavy (non-hydrogen) atoms. The lowest BCUT2D eigenvalue weighted by Crippen LogP contribution is -2.28. The molecule has 5 rings (SSSR count). The highest BCUT2D eigenvalue weighted by molar-refractivity contribution is 6.30. The van der Waals surface area contributed by atoms with Gasteiger partial charge in [-0.15, -0.1) is 0 Å². The second-order valence-corrected chi connectivity index (χ2v) is 9.26. The molecule has 2 aromatic heterocycles. The third-order valence-corrected chi connectivity index (χ3v) is 6.64. The molecule has 0 saturated heterocycles. The number of aromatic nitrogens is 3. The Bertz CT molecular complexity index is 1340. The Hall–Kier alpha value is -3.70. The second kappa shape index (κ2) is 10.3. The fraction of sp³-hybridized carbons (Fsp3) is 0.207. The molecular formula is C29H27ClN4O. The predicted octanol–water partition coefficient (Wildman–Crippen LogP) is 6.68. The Morgan fingerprint density at radius 2 is 1.71 bits per heavy atom. The number of rotatable bonds is 5. The van der Waals surface area contributed by atoms with E-state index in [9.17, 15) is 4.79 Å². The molecule has 1 N–H and O–H groups in total. The Morgan fingerprint density at radius 3 is 2.46 bits per heavy atom. The molecule has 4 aromatic rings. The van der Waals surface area contributed by atoms with Crippen LogP contribution in [-0.2, 0) is 6.42 Å². The number of hydrogen-bond acceptors (Lipinski definition) is 3. The lowest BCUT2D eigenvalue weighted by molar-refractivity contribution is 0.0933. The topological polar surface area (TPSA) is 59.8 Å². The summed E-state index contributed by atoms with van der Waals surface area (Å²) in [6.45, 7) is 2.00. The number of halogens is 1. The van der Waals surface area contributed by atoms with Gasteiger partial charge in [-0.25, -0.2) is 4.68 Å². The van der Waals surface area contributed by atoms with Crippen molar-refractivity contribution in [2.45, 2.75) is 38.6 Å². The average molecular weight is 483 g/mol. The highest BCUT2D eigenvalue weighted by atomic mass is 35.5. The maximum Gasteiger partial charge on any atom is 0.272 e. The summed E-state index contributed by atoms with van der Waals surface area (Å²) >= 11 is 6.11. The van der Waals surface area contributed by atoms with Crippen molar-refractivity contribution in [2.24, 2.45) is 0 Å². The van der Waals surface area contributed by atoms with Crippen LogP contribution in [0.3, 0.4) is 0 Å². The van der Waals surface area contributed by atoms with Gasteiger partial charge >= 0.3 is 0 Å². The molecule has 1 amide bonds. The van der Waals surface area contributed by atoms with Gasteiger partial charge in [0.05, 0.1) is 17.4 Å². The summed E-state index contributed by atoms with van der Waals surface area (Å²) in [5.41, 5.74) is 6.67. The van der Waals surface area contributed by atoms with Gasteiger partial charge in [-0.2, -0.15) is 5.10 Å². The molecule has 0 spiro atoms. The highest BCUT2D eigenvalue weighted by Crippen LogP contribution is 2.35. The van der Waals surface area contributed by atoms with Crippen LogP contribution in [0, 0.1) is 0 Å². The Labute approximate surface area is 210 Å². The van der Waals surface area contributed by atoms with Gasteiger partial charge in [0.1, 0.15) is 0 Å². The smallest absolute Gasteiger partial charge is 0.272 e. The highest BCUT2D eigenvalue weighted by Gasteiger charge is 2.28. The SMILES string of the molecule is C[C@@H](NC(=O)c1nn(-c2ccncc2)c2c1CCCC/C2=C\c1ccc(Cl)cc1)c1ccccc1. The third-order valence-electron chi connectivity index (χ3n) is 6.39. The van der Waals surface area contributed by atoms with Crippen molar-refractivity contribution in [1.82, 2.24) is 20.1 Å². The van der Waals surface area contributed by atoms with Crippen LogP contribution in [0.2, 0.25) is 5.02 Å². The molecule has 6 heteroatoms. The van der Waals surface area contributed by atoms with E-state index in [2.05, 4.69) is 16.4 Å². The Kier molecular flexibility index (Phi) is 6.77. The average Bonchev–Trinajstić information content (AvgIpc) is 3.16. The number of carbonyl (C=O) groups excluding carboxylic acids is 1. The molecule has 2 heterocycles. The van der Waals surface area contributed by atoms with E-state index in [-0.39, 0.29) is 11.9 Å². The van der Waals surface area contributed by atoms with Crippen molar-refractivity contribution in [3.8, 4) is 5.69 Å². The van der Waals surface area contributed by atoms with E-state index >= 15 is 0 Å². The van der Waals surface area contributed by atoms with Crippen LogP contribution < -0.4 is 5.32 Å². The summed E-state index contributed by atoms with van der Waals surface area (Å²) in [4.78, 5) is 17.7. The fourth-order valence-corrected chi connectivity index (χ4v) is 4.72. The first kappa shape index (κ1) is 23.1. The number of amides is 1. The van der Waals surface area contributed by atoms with Crippen molar-refractivity contribution < 1.29 is 4.79 Å². The quantitative estimate of drug-likeness (QED) is 0.323. The number of allylic oxidation sites excluding steroid dienone is 1. The molecule has 0 saturated carbocycles. The number of nitrogens with one attached hydrogen (secondary N) is 1. The van der Waals surface area contributed by atoms with E-state index in [1.54, 1.807) is 12.4 Å². The van der Waals surface area contributed by atoms with Crippen LogP contribution in [0.25, 0.3) is 17.3 Å². The minimum atomic E-state index is -0.154. The van der Waals surface area contributed by atoms with Gasteiger partial charge in [-0.3, -0.25) is 9.78 Å². The molecule has 0 aliphatic heterocycles. The fourth-order valence-electron chi connectivity index (χ4n) is 4.60. The van der Waals surface area contributed by atoms with E-state index in [4.69, 9.17) is 16.7 Å². The number of carbonyl (C=O) groups is 1. The normalized spacial score (nSPS) is 15.3. The van der Waals surface area contributed by atoms with Crippen LogP contribution in [0.5, 0.6) is 0 Å². The first-order valence-electron chi connectivity index (χ1n) is 11.9. The number of hydrogen-bond donors (Lipinski definition) is 1. The second-order valence-electron chi connectivity index (χ2n) is 8.83.